The number of hydrogen-bond donors (Lipinski definition) is 2. The van der Waals surface area contributed by atoms with Crippen LogP contribution in [0, 0.1) is 5.92 Å². The molecule has 1 atom stereocenters. The van der Waals surface area contributed by atoms with Crippen molar-refractivity contribution in [2.75, 3.05) is 13.1 Å². The van der Waals surface area contributed by atoms with Gasteiger partial charge in [-0.3, -0.25) is 5.32 Å². The third-order valence-corrected chi connectivity index (χ3v) is 6.86. The monoisotopic (exact) mass is 555 g/mol. The van der Waals surface area contributed by atoms with Gasteiger partial charge >= 0.3 is 12.2 Å². The van der Waals surface area contributed by atoms with E-state index >= 15 is 0 Å². The normalized spacial score (nSPS) is 15.8. The zero-order valence-corrected chi connectivity index (χ0v) is 24.4. The third-order valence-electron chi connectivity index (χ3n) is 6.86. The minimum Gasteiger partial charge on any atom is -0.465 e. The summed E-state index contributed by atoms with van der Waals surface area (Å²) in [5, 5.41) is 15.6. The van der Waals surface area contributed by atoms with Gasteiger partial charge in [0.25, 0.3) is 0 Å². The zero-order chi connectivity index (χ0) is 29.0. The number of aliphatic imine (C=N–C) groups is 1. The lowest BCUT2D eigenvalue weighted by Crippen LogP contribution is -2.43. The predicted octanol–water partition coefficient (Wildman–Crippen LogP) is 6.84. The number of hydrogen-bond acceptors (Lipinski definition) is 6. The Morgan fingerprint density at radius 3 is 2.42 bits per heavy atom. The second kappa shape index (κ2) is 15.4. The Hall–Kier alpha value is -3.43. The van der Waals surface area contributed by atoms with E-state index in [0.29, 0.717) is 31.2 Å². The number of benzene rings is 1. The van der Waals surface area contributed by atoms with Crippen molar-refractivity contribution in [2.24, 2.45) is 10.9 Å². The van der Waals surface area contributed by atoms with Crippen LogP contribution in [0.5, 0.6) is 0 Å². The highest BCUT2D eigenvalue weighted by Gasteiger charge is 2.29. The van der Waals surface area contributed by atoms with Crippen molar-refractivity contribution < 1.29 is 24.0 Å². The average molecular weight is 556 g/mol. The molecule has 1 fully saturated rings. The van der Waals surface area contributed by atoms with Crippen molar-refractivity contribution in [3.8, 4) is 11.4 Å². The molecule has 1 aliphatic rings. The molecule has 40 heavy (non-hydrogen) atoms. The van der Waals surface area contributed by atoms with Crippen LogP contribution >= 0.6 is 0 Å². The van der Waals surface area contributed by atoms with Gasteiger partial charge in [-0.15, -0.1) is 4.99 Å². The van der Waals surface area contributed by atoms with E-state index in [0.717, 1.165) is 18.4 Å². The molecule has 3 rings (SSSR count). The van der Waals surface area contributed by atoms with Crippen LogP contribution in [0.25, 0.3) is 11.4 Å². The molecule has 0 bridgehead atoms. The summed E-state index contributed by atoms with van der Waals surface area (Å²) < 4.78 is 10.7. The Bertz CT molecular complexity index is 1110. The van der Waals surface area contributed by atoms with Crippen molar-refractivity contribution in [3.05, 3.63) is 35.7 Å². The van der Waals surface area contributed by atoms with Crippen molar-refractivity contribution in [3.63, 3.8) is 0 Å². The van der Waals surface area contributed by atoms with Gasteiger partial charge < -0.3 is 19.3 Å². The minimum absolute atomic E-state index is 0.0393. The molecule has 2 heterocycles. The van der Waals surface area contributed by atoms with Crippen LogP contribution in [0.15, 0.2) is 33.8 Å². The van der Waals surface area contributed by atoms with Gasteiger partial charge in [0, 0.05) is 25.1 Å². The van der Waals surface area contributed by atoms with Gasteiger partial charge in [-0.05, 0) is 51.5 Å². The number of carbonyl (C=O) groups excluding carboxylic acids is 1. The number of nitrogens with zero attached hydrogens (tertiary/aromatic N) is 4. The van der Waals surface area contributed by atoms with Crippen LogP contribution in [0.4, 0.5) is 9.59 Å². The second-order valence-corrected chi connectivity index (χ2v) is 11.6. The van der Waals surface area contributed by atoms with Crippen LogP contribution in [-0.4, -0.2) is 57.0 Å². The first-order valence-electron chi connectivity index (χ1n) is 14.6. The maximum absolute atomic E-state index is 12.2. The molecule has 1 unspecified atom stereocenters. The quantitative estimate of drug-likeness (QED) is 0.165. The van der Waals surface area contributed by atoms with Gasteiger partial charge in [0.1, 0.15) is 5.60 Å². The molecule has 1 saturated heterocycles. The Balaban J connectivity index is 1.48. The van der Waals surface area contributed by atoms with Crippen molar-refractivity contribution in [1.29, 1.82) is 0 Å². The van der Waals surface area contributed by atoms with Gasteiger partial charge in [0.05, 0.1) is 0 Å². The third kappa shape index (κ3) is 11.0. The summed E-state index contributed by atoms with van der Waals surface area (Å²) in [5.74, 6) is 1.19. The number of aromatic nitrogens is 2. The Morgan fingerprint density at radius 1 is 1.10 bits per heavy atom. The number of nitrogens with one attached hydrogen (secondary N) is 1. The molecule has 10 heteroatoms. The van der Waals surface area contributed by atoms with Gasteiger partial charge in [-0.1, -0.05) is 81.3 Å². The van der Waals surface area contributed by atoms with Crippen LogP contribution in [0.3, 0.4) is 0 Å². The molecule has 2 aromatic rings. The predicted molar refractivity (Wildman–Crippen MR) is 154 cm³/mol. The van der Waals surface area contributed by atoms with E-state index in [-0.39, 0.29) is 11.9 Å². The fourth-order valence-corrected chi connectivity index (χ4v) is 4.82. The van der Waals surface area contributed by atoms with E-state index in [1.165, 1.54) is 56.9 Å². The highest BCUT2D eigenvalue weighted by Crippen LogP contribution is 2.23. The molecule has 1 aliphatic heterocycles. The average Bonchev–Trinajstić information content (AvgIpc) is 3.54. The maximum Gasteiger partial charge on any atom is 0.437 e. The standard InChI is InChI=1S/C30H45N5O5/c1-5-6-7-8-9-10-11-12-13-22-14-16-24(17-15-22)26-31-25(40-34-26)20-23-18-19-35(21-23)27(32-28(36)37)33-29(38)39-30(2,3)4/h14-17,23H,5-13,18-21H2,1-4H3,(H,36,37)(H,32,33,38). The second-order valence-electron chi connectivity index (χ2n) is 11.6. The number of unbranched alkanes of at least 4 members (excludes halogenated alkanes) is 7. The van der Waals surface area contributed by atoms with E-state index in [9.17, 15) is 14.7 Å². The number of rotatable bonds is 12. The molecular weight excluding hydrogens is 510 g/mol. The number of carbonyl (C=O) groups is 2. The smallest absolute Gasteiger partial charge is 0.437 e. The number of carboxylic acid groups (broad SMARTS) is 1. The van der Waals surface area contributed by atoms with E-state index in [1.807, 2.05) is 12.1 Å². The maximum atomic E-state index is 12.2. The fraction of sp³-hybridized carbons (Fsp3) is 0.633. The number of aryl methyl sites for hydroxylation is 1. The Labute approximate surface area is 237 Å². The summed E-state index contributed by atoms with van der Waals surface area (Å²) in [5.41, 5.74) is 1.51. The van der Waals surface area contributed by atoms with E-state index in [4.69, 9.17) is 9.26 Å². The summed E-state index contributed by atoms with van der Waals surface area (Å²) >= 11 is 0. The van der Waals surface area contributed by atoms with Crippen molar-refractivity contribution >= 4 is 18.1 Å². The van der Waals surface area contributed by atoms with Gasteiger partial charge in [0.2, 0.25) is 17.7 Å². The minimum atomic E-state index is -1.30. The number of ether oxygens (including phenoxy) is 1. The number of likely N-dealkylation sites (tertiary alicyclic amines) is 1. The van der Waals surface area contributed by atoms with E-state index in [2.05, 4.69) is 39.5 Å². The number of amides is 2. The Morgan fingerprint density at radius 2 is 1.77 bits per heavy atom. The molecule has 220 valence electrons. The molecular formula is C30H45N5O5. The molecule has 1 aromatic heterocycles. The first kappa shape index (κ1) is 31.1. The van der Waals surface area contributed by atoms with Gasteiger partial charge in [-0.25, -0.2) is 9.59 Å². The van der Waals surface area contributed by atoms with Crippen LogP contribution in [-0.2, 0) is 17.6 Å². The van der Waals surface area contributed by atoms with Crippen molar-refractivity contribution in [2.45, 2.75) is 104 Å². The summed E-state index contributed by atoms with van der Waals surface area (Å²) in [4.78, 5) is 33.6. The Kier molecular flexibility index (Phi) is 12.0. The molecule has 0 saturated carbocycles. The summed E-state index contributed by atoms with van der Waals surface area (Å²) in [6, 6.07) is 8.37. The topological polar surface area (TPSA) is 130 Å². The molecule has 0 aliphatic carbocycles. The van der Waals surface area contributed by atoms with Gasteiger partial charge in [-0.2, -0.15) is 4.98 Å². The lowest BCUT2D eigenvalue weighted by molar-refractivity contribution is 0.0601. The molecule has 1 aromatic carbocycles. The first-order valence-corrected chi connectivity index (χ1v) is 14.6. The van der Waals surface area contributed by atoms with E-state index < -0.39 is 17.8 Å². The zero-order valence-electron chi connectivity index (χ0n) is 24.4. The van der Waals surface area contributed by atoms with Crippen molar-refractivity contribution in [1.82, 2.24) is 20.4 Å². The summed E-state index contributed by atoms with van der Waals surface area (Å²) in [6.07, 6.45) is 10.8. The van der Waals surface area contributed by atoms with Gasteiger partial charge in [0.15, 0.2) is 0 Å². The largest absolute Gasteiger partial charge is 0.465 e. The van der Waals surface area contributed by atoms with Crippen LogP contribution in [0.2, 0.25) is 0 Å². The lowest BCUT2D eigenvalue weighted by Gasteiger charge is -2.21. The highest BCUT2D eigenvalue weighted by atomic mass is 16.6. The van der Waals surface area contributed by atoms with E-state index in [1.54, 1.807) is 25.7 Å². The molecule has 2 amide bonds. The fourth-order valence-electron chi connectivity index (χ4n) is 4.82. The molecule has 10 nitrogen and oxygen atoms in total. The molecule has 0 radical (unpaired) electrons. The highest BCUT2D eigenvalue weighted by molar-refractivity contribution is 5.98. The van der Waals surface area contributed by atoms with Crippen LogP contribution < -0.4 is 5.32 Å². The molecule has 0 spiro atoms. The molecule has 2 N–H and O–H groups in total. The SMILES string of the molecule is CCCCCCCCCCc1ccc(-c2noc(CC3CCN(C(=NC(=O)OC(C)(C)C)NC(=O)O)C3)n2)cc1. The number of guanidine groups is 1. The van der Waals surface area contributed by atoms with Crippen LogP contribution in [0.1, 0.15) is 96.9 Å². The first-order chi connectivity index (χ1) is 19.1. The lowest BCUT2D eigenvalue weighted by atomic mass is 10.0. The summed E-state index contributed by atoms with van der Waals surface area (Å²) in [6.45, 7) is 8.45. The summed E-state index contributed by atoms with van der Waals surface area (Å²) in [7, 11) is 0.